The van der Waals surface area contributed by atoms with Crippen LogP contribution in [0.4, 0.5) is 10.1 Å². The van der Waals surface area contributed by atoms with Crippen molar-refractivity contribution in [2.45, 2.75) is 6.54 Å². The number of hydrogen-bond acceptors (Lipinski definition) is 7. The number of aliphatic imine (C=N–C) groups is 1. The lowest BCUT2D eigenvalue weighted by Gasteiger charge is -2.15. The van der Waals surface area contributed by atoms with Crippen LogP contribution in [0.2, 0.25) is 0 Å². The van der Waals surface area contributed by atoms with E-state index in [-0.39, 0.29) is 22.5 Å². The Morgan fingerprint density at radius 2 is 2.23 bits per heavy atom. The normalized spacial score (nSPS) is 11.8. The maximum atomic E-state index is 13.3. The van der Waals surface area contributed by atoms with E-state index in [1.807, 2.05) is 0 Å². The number of benzene rings is 1. The zero-order chi connectivity index (χ0) is 19.1. The summed E-state index contributed by atoms with van der Waals surface area (Å²) in [4.78, 5) is 5.23. The van der Waals surface area contributed by atoms with E-state index in [4.69, 9.17) is 9.89 Å². The van der Waals surface area contributed by atoms with Crippen molar-refractivity contribution in [1.29, 1.82) is 5.26 Å². The number of nitriles is 1. The third-order valence-corrected chi connectivity index (χ3v) is 3.66. The van der Waals surface area contributed by atoms with Crippen LogP contribution in [-0.2, 0) is 6.54 Å². The van der Waals surface area contributed by atoms with Gasteiger partial charge in [-0.25, -0.2) is 9.02 Å². The topological polar surface area (TPSA) is 135 Å². The van der Waals surface area contributed by atoms with E-state index >= 15 is 0 Å². The molecule has 0 atom stereocenters. The molecule has 26 heavy (non-hydrogen) atoms. The molecule has 0 aliphatic rings. The van der Waals surface area contributed by atoms with Gasteiger partial charge in [0.2, 0.25) is 18.0 Å². The standard InChI is InChI=1S/C14H14BrFN8O2/c1-24(2)14(19-7-17)18-6-11-12(23-26-22-11)13(21-25)20-8-3-4-10(16)9(15)5-8/h3-5,25H,6H2,1-2H3,(H,18,19)(H,20,21). The van der Waals surface area contributed by atoms with Gasteiger partial charge in [-0.1, -0.05) is 10.3 Å². The maximum absolute atomic E-state index is 13.3. The average Bonchev–Trinajstić information content (AvgIpc) is 3.07. The highest BCUT2D eigenvalue weighted by atomic mass is 79.9. The van der Waals surface area contributed by atoms with Crippen LogP contribution >= 0.6 is 15.9 Å². The molecule has 0 aliphatic carbocycles. The van der Waals surface area contributed by atoms with E-state index in [1.54, 1.807) is 25.2 Å². The Morgan fingerprint density at radius 1 is 1.46 bits per heavy atom. The second-order valence-electron chi connectivity index (χ2n) is 5.05. The lowest BCUT2D eigenvalue weighted by atomic mass is 10.2. The molecule has 0 amide bonds. The Labute approximate surface area is 156 Å². The number of oxime groups is 1. The number of nitrogens with one attached hydrogen (secondary N) is 2. The molecular weight excluding hydrogens is 411 g/mol. The zero-order valence-corrected chi connectivity index (χ0v) is 15.3. The maximum Gasteiger partial charge on any atom is 0.209 e. The highest BCUT2D eigenvalue weighted by molar-refractivity contribution is 9.10. The van der Waals surface area contributed by atoms with E-state index in [9.17, 15) is 9.60 Å². The van der Waals surface area contributed by atoms with Crippen molar-refractivity contribution >= 4 is 33.4 Å². The smallest absolute Gasteiger partial charge is 0.209 e. The predicted octanol–water partition coefficient (Wildman–Crippen LogP) is 1.71. The van der Waals surface area contributed by atoms with Crippen molar-refractivity contribution in [3.63, 3.8) is 0 Å². The van der Waals surface area contributed by atoms with Crippen LogP contribution in [0.3, 0.4) is 0 Å². The fourth-order valence-corrected chi connectivity index (χ4v) is 2.23. The average molecular weight is 425 g/mol. The third kappa shape index (κ3) is 4.67. The number of hydrogen-bond donors (Lipinski definition) is 3. The molecule has 1 aromatic heterocycles. The Bertz CT molecular complexity index is 874. The van der Waals surface area contributed by atoms with Gasteiger partial charge < -0.3 is 20.7 Å². The summed E-state index contributed by atoms with van der Waals surface area (Å²) >= 11 is 3.07. The van der Waals surface area contributed by atoms with Gasteiger partial charge in [0.15, 0.2) is 5.69 Å². The summed E-state index contributed by atoms with van der Waals surface area (Å²) in [6.07, 6.45) is 1.68. The minimum Gasteiger partial charge on any atom is -0.409 e. The number of guanidine groups is 1. The number of amidine groups is 1. The first-order valence-electron chi connectivity index (χ1n) is 7.10. The number of halogens is 2. The molecule has 0 bridgehead atoms. The Morgan fingerprint density at radius 3 is 2.85 bits per heavy atom. The Hall–Kier alpha value is -3.20. The Kier molecular flexibility index (Phi) is 6.45. The van der Waals surface area contributed by atoms with Gasteiger partial charge in [0.25, 0.3) is 0 Å². The van der Waals surface area contributed by atoms with Gasteiger partial charge in [-0.3, -0.25) is 0 Å². The van der Waals surface area contributed by atoms with Crippen molar-refractivity contribution in [2.24, 2.45) is 10.1 Å². The van der Waals surface area contributed by atoms with E-state index in [0.29, 0.717) is 17.3 Å². The zero-order valence-electron chi connectivity index (χ0n) is 13.7. The number of rotatable bonds is 4. The molecule has 0 saturated heterocycles. The van der Waals surface area contributed by atoms with Gasteiger partial charge in [0.05, 0.1) is 11.0 Å². The fraction of sp³-hybridized carbons (Fsp3) is 0.214. The van der Waals surface area contributed by atoms with Crippen molar-refractivity contribution in [3.05, 3.63) is 39.9 Å². The van der Waals surface area contributed by atoms with Crippen LogP contribution in [0.5, 0.6) is 0 Å². The monoisotopic (exact) mass is 424 g/mol. The highest BCUT2D eigenvalue weighted by Gasteiger charge is 2.18. The largest absolute Gasteiger partial charge is 0.409 e. The van der Waals surface area contributed by atoms with E-state index in [2.05, 4.69) is 47.0 Å². The molecule has 0 unspecified atom stereocenters. The van der Waals surface area contributed by atoms with Crippen LogP contribution < -0.4 is 10.6 Å². The summed E-state index contributed by atoms with van der Waals surface area (Å²) in [5, 5.41) is 34.3. The molecule has 2 rings (SSSR count). The molecule has 10 nitrogen and oxygen atoms in total. The minimum atomic E-state index is -0.431. The third-order valence-electron chi connectivity index (χ3n) is 3.06. The minimum absolute atomic E-state index is 0.0508. The molecule has 12 heteroatoms. The molecule has 136 valence electrons. The molecule has 1 aromatic carbocycles. The second-order valence-corrected chi connectivity index (χ2v) is 5.90. The van der Waals surface area contributed by atoms with Crippen molar-refractivity contribution in [3.8, 4) is 6.19 Å². The Balaban J connectivity index is 2.18. The second kappa shape index (κ2) is 8.77. The molecule has 0 radical (unpaired) electrons. The van der Waals surface area contributed by atoms with E-state index in [0.717, 1.165) is 0 Å². The van der Waals surface area contributed by atoms with Crippen LogP contribution in [0.1, 0.15) is 11.4 Å². The highest BCUT2D eigenvalue weighted by Crippen LogP contribution is 2.20. The van der Waals surface area contributed by atoms with Crippen molar-refractivity contribution in [1.82, 2.24) is 20.5 Å². The van der Waals surface area contributed by atoms with Gasteiger partial charge >= 0.3 is 0 Å². The summed E-state index contributed by atoms with van der Waals surface area (Å²) < 4.78 is 18.3. The molecule has 0 spiro atoms. The molecule has 2 aromatic rings. The summed E-state index contributed by atoms with van der Waals surface area (Å²) in [5.41, 5.74) is 0.891. The first-order chi connectivity index (χ1) is 12.5. The SMILES string of the molecule is CN(C)/C(=N\C#N)NCc1nonc1/C(=N/O)Nc1ccc(F)c(Br)c1. The summed E-state index contributed by atoms with van der Waals surface area (Å²) in [5.74, 6) is -0.177. The predicted molar refractivity (Wildman–Crippen MR) is 93.9 cm³/mol. The van der Waals surface area contributed by atoms with Gasteiger partial charge in [0.1, 0.15) is 11.5 Å². The molecule has 0 aliphatic heterocycles. The number of aromatic nitrogens is 2. The molecule has 0 fully saturated rings. The fourth-order valence-electron chi connectivity index (χ4n) is 1.85. The lowest BCUT2D eigenvalue weighted by molar-refractivity contribution is 0.300. The van der Waals surface area contributed by atoms with Crippen LogP contribution in [0, 0.1) is 17.3 Å². The van der Waals surface area contributed by atoms with Crippen LogP contribution in [0.15, 0.2) is 37.4 Å². The first-order valence-corrected chi connectivity index (χ1v) is 7.89. The van der Waals surface area contributed by atoms with Gasteiger partial charge in [0, 0.05) is 19.8 Å². The lowest BCUT2D eigenvalue weighted by Crippen LogP contribution is -2.36. The van der Waals surface area contributed by atoms with E-state index in [1.165, 1.54) is 18.2 Å². The molecule has 1 heterocycles. The molecular formula is C14H14BrFN8O2. The first kappa shape index (κ1) is 19.1. The van der Waals surface area contributed by atoms with Gasteiger partial charge in [-0.05, 0) is 39.3 Å². The quantitative estimate of drug-likeness (QED) is 0.222. The molecule has 3 N–H and O–H groups in total. The number of nitrogens with zero attached hydrogens (tertiary/aromatic N) is 6. The number of anilines is 1. The van der Waals surface area contributed by atoms with Crippen LogP contribution in [0.25, 0.3) is 0 Å². The summed E-state index contributed by atoms with van der Waals surface area (Å²) in [7, 11) is 3.42. The molecule has 0 saturated carbocycles. The van der Waals surface area contributed by atoms with Gasteiger partial charge in [-0.15, -0.1) is 4.99 Å². The van der Waals surface area contributed by atoms with Crippen molar-refractivity contribution < 1.29 is 14.2 Å². The van der Waals surface area contributed by atoms with Crippen LogP contribution in [-0.4, -0.2) is 46.3 Å². The summed E-state index contributed by atoms with van der Waals surface area (Å²) in [6.45, 7) is 0.103. The van der Waals surface area contributed by atoms with Crippen molar-refractivity contribution in [2.75, 3.05) is 19.4 Å². The van der Waals surface area contributed by atoms with E-state index < -0.39 is 5.82 Å². The van der Waals surface area contributed by atoms with Gasteiger partial charge in [-0.2, -0.15) is 5.26 Å². The summed E-state index contributed by atoms with van der Waals surface area (Å²) in [6, 6.07) is 4.17.